The van der Waals surface area contributed by atoms with E-state index in [-0.39, 0.29) is 6.10 Å². The number of rotatable bonds is 6. The van der Waals surface area contributed by atoms with Gasteiger partial charge in [0.1, 0.15) is 0 Å². The molecule has 0 aromatic rings. The summed E-state index contributed by atoms with van der Waals surface area (Å²) in [4.78, 5) is 0. The van der Waals surface area contributed by atoms with Crippen molar-refractivity contribution in [2.24, 2.45) is 29.4 Å². The topological polar surface area (TPSA) is 46.2 Å². The summed E-state index contributed by atoms with van der Waals surface area (Å²) < 4.78 is 0. The van der Waals surface area contributed by atoms with Crippen LogP contribution in [0.2, 0.25) is 0 Å². The van der Waals surface area contributed by atoms with Crippen molar-refractivity contribution in [2.45, 2.75) is 58.0 Å². The lowest BCUT2D eigenvalue weighted by Crippen LogP contribution is -2.30. The van der Waals surface area contributed by atoms with E-state index in [9.17, 15) is 5.11 Å². The maximum absolute atomic E-state index is 10.2. The first-order chi connectivity index (χ1) is 7.74. The Morgan fingerprint density at radius 3 is 2.62 bits per heavy atom. The van der Waals surface area contributed by atoms with Crippen LogP contribution in [0.3, 0.4) is 0 Å². The maximum Gasteiger partial charge on any atom is 0.0583 e. The molecule has 5 unspecified atom stereocenters. The van der Waals surface area contributed by atoms with Crippen molar-refractivity contribution in [1.29, 1.82) is 0 Å². The lowest BCUT2D eigenvalue weighted by molar-refractivity contribution is 0.0694. The first-order valence-corrected chi connectivity index (χ1v) is 7.12. The fraction of sp³-hybridized carbons (Fsp3) is 1.00. The first kappa shape index (κ1) is 12.4. The van der Waals surface area contributed by atoms with Crippen LogP contribution >= 0.6 is 0 Å². The standard InChI is InChI=1S/C14H27NO/c1-2-3-12(9-15)14(16)8-13-7-10-4-5-11(13)6-10/h10-14,16H,2-9,15H2,1H3. The Bertz CT molecular complexity index is 219. The van der Waals surface area contributed by atoms with Gasteiger partial charge in [0.05, 0.1) is 6.10 Å². The Kier molecular flexibility index (Phi) is 4.26. The zero-order valence-electron chi connectivity index (χ0n) is 10.6. The van der Waals surface area contributed by atoms with Crippen LogP contribution in [0.15, 0.2) is 0 Å². The van der Waals surface area contributed by atoms with Crippen molar-refractivity contribution >= 4 is 0 Å². The number of hydrogen-bond donors (Lipinski definition) is 2. The van der Waals surface area contributed by atoms with E-state index in [1.807, 2.05) is 0 Å². The molecule has 0 heterocycles. The van der Waals surface area contributed by atoms with Gasteiger partial charge in [0.15, 0.2) is 0 Å². The van der Waals surface area contributed by atoms with E-state index >= 15 is 0 Å². The highest BCUT2D eigenvalue weighted by atomic mass is 16.3. The molecule has 0 saturated heterocycles. The molecule has 2 saturated carbocycles. The number of hydrogen-bond acceptors (Lipinski definition) is 2. The van der Waals surface area contributed by atoms with E-state index in [1.165, 1.54) is 25.7 Å². The van der Waals surface area contributed by atoms with Crippen molar-refractivity contribution in [2.75, 3.05) is 6.54 Å². The number of aliphatic hydroxyl groups excluding tert-OH is 1. The van der Waals surface area contributed by atoms with Crippen LogP contribution in [0.5, 0.6) is 0 Å². The highest BCUT2D eigenvalue weighted by molar-refractivity contribution is 4.91. The fourth-order valence-electron chi connectivity index (χ4n) is 4.01. The Balaban J connectivity index is 1.79. The summed E-state index contributed by atoms with van der Waals surface area (Å²) in [6, 6.07) is 0. The Morgan fingerprint density at radius 2 is 2.12 bits per heavy atom. The van der Waals surface area contributed by atoms with Crippen LogP contribution in [0.25, 0.3) is 0 Å². The molecule has 0 aromatic heterocycles. The molecule has 2 aliphatic rings. The van der Waals surface area contributed by atoms with Crippen molar-refractivity contribution in [1.82, 2.24) is 0 Å². The quantitative estimate of drug-likeness (QED) is 0.729. The summed E-state index contributed by atoms with van der Waals surface area (Å²) in [5, 5.41) is 10.2. The molecule has 0 amide bonds. The summed E-state index contributed by atoms with van der Waals surface area (Å²) in [5.74, 6) is 3.06. The van der Waals surface area contributed by atoms with E-state index < -0.39 is 0 Å². The normalized spacial score (nSPS) is 36.6. The van der Waals surface area contributed by atoms with E-state index in [0.717, 1.165) is 37.0 Å². The summed E-state index contributed by atoms with van der Waals surface area (Å²) in [5.41, 5.74) is 5.75. The number of fused-ring (bicyclic) bond motifs is 2. The second kappa shape index (κ2) is 5.50. The van der Waals surface area contributed by atoms with Gasteiger partial charge in [-0.25, -0.2) is 0 Å². The molecule has 3 N–H and O–H groups in total. The first-order valence-electron chi connectivity index (χ1n) is 7.12. The molecule has 0 aromatic carbocycles. The third kappa shape index (κ3) is 2.60. The zero-order valence-corrected chi connectivity index (χ0v) is 10.6. The molecule has 2 nitrogen and oxygen atoms in total. The summed E-state index contributed by atoms with van der Waals surface area (Å²) in [7, 11) is 0. The number of nitrogens with two attached hydrogens (primary N) is 1. The van der Waals surface area contributed by atoms with Crippen LogP contribution in [-0.4, -0.2) is 17.8 Å². The monoisotopic (exact) mass is 225 g/mol. The van der Waals surface area contributed by atoms with Gasteiger partial charge in [-0.3, -0.25) is 0 Å². The minimum atomic E-state index is -0.144. The van der Waals surface area contributed by atoms with Crippen molar-refractivity contribution in [3.05, 3.63) is 0 Å². The van der Waals surface area contributed by atoms with E-state index in [2.05, 4.69) is 6.92 Å². The lowest BCUT2D eigenvalue weighted by atomic mass is 9.81. The Morgan fingerprint density at radius 1 is 1.31 bits per heavy atom. The SMILES string of the molecule is CCCC(CN)C(O)CC1CC2CCC1C2. The lowest BCUT2D eigenvalue weighted by Gasteiger charge is -2.28. The van der Waals surface area contributed by atoms with E-state index in [1.54, 1.807) is 0 Å². The van der Waals surface area contributed by atoms with Crippen LogP contribution in [-0.2, 0) is 0 Å². The molecule has 0 spiro atoms. The van der Waals surface area contributed by atoms with Gasteiger partial charge in [0.25, 0.3) is 0 Å². The van der Waals surface area contributed by atoms with E-state index in [4.69, 9.17) is 5.73 Å². The average molecular weight is 225 g/mol. The largest absolute Gasteiger partial charge is 0.393 e. The minimum absolute atomic E-state index is 0.144. The van der Waals surface area contributed by atoms with Gasteiger partial charge in [0, 0.05) is 0 Å². The molecule has 0 aliphatic heterocycles. The Labute approximate surface area is 99.6 Å². The predicted molar refractivity (Wildman–Crippen MR) is 67.0 cm³/mol. The molecular formula is C14H27NO. The summed E-state index contributed by atoms with van der Waals surface area (Å²) in [6.07, 6.45) is 8.78. The minimum Gasteiger partial charge on any atom is -0.393 e. The highest BCUT2D eigenvalue weighted by Crippen LogP contribution is 2.50. The van der Waals surface area contributed by atoms with Crippen molar-refractivity contribution < 1.29 is 5.11 Å². The van der Waals surface area contributed by atoms with Crippen LogP contribution in [0, 0.1) is 23.7 Å². The molecule has 5 atom stereocenters. The molecule has 0 radical (unpaired) electrons. The van der Waals surface area contributed by atoms with Crippen molar-refractivity contribution in [3.63, 3.8) is 0 Å². The third-order valence-corrected chi connectivity index (χ3v) is 4.94. The molecule has 2 aliphatic carbocycles. The second-order valence-corrected chi connectivity index (χ2v) is 6.02. The summed E-state index contributed by atoms with van der Waals surface area (Å²) >= 11 is 0. The highest BCUT2D eigenvalue weighted by Gasteiger charge is 2.40. The van der Waals surface area contributed by atoms with Gasteiger partial charge in [0.2, 0.25) is 0 Å². The zero-order chi connectivity index (χ0) is 11.5. The smallest absolute Gasteiger partial charge is 0.0583 e. The molecular weight excluding hydrogens is 198 g/mol. The molecule has 2 bridgehead atoms. The van der Waals surface area contributed by atoms with Crippen LogP contribution < -0.4 is 5.73 Å². The van der Waals surface area contributed by atoms with Crippen molar-refractivity contribution in [3.8, 4) is 0 Å². The van der Waals surface area contributed by atoms with Gasteiger partial charge in [-0.15, -0.1) is 0 Å². The molecule has 2 rings (SSSR count). The molecule has 94 valence electrons. The predicted octanol–water partition coefficient (Wildman–Crippen LogP) is 2.55. The van der Waals surface area contributed by atoms with Gasteiger partial charge >= 0.3 is 0 Å². The summed E-state index contributed by atoms with van der Waals surface area (Å²) in [6.45, 7) is 2.82. The number of aliphatic hydroxyl groups is 1. The average Bonchev–Trinajstić information content (AvgIpc) is 2.87. The molecule has 2 heteroatoms. The third-order valence-electron chi connectivity index (χ3n) is 4.94. The molecule has 2 fully saturated rings. The van der Waals surface area contributed by atoms with Gasteiger partial charge < -0.3 is 10.8 Å². The second-order valence-electron chi connectivity index (χ2n) is 6.02. The maximum atomic E-state index is 10.2. The van der Waals surface area contributed by atoms with Crippen LogP contribution in [0.1, 0.15) is 51.9 Å². The van der Waals surface area contributed by atoms with Gasteiger partial charge in [-0.1, -0.05) is 19.8 Å². The van der Waals surface area contributed by atoms with Gasteiger partial charge in [-0.05, 0) is 62.3 Å². The van der Waals surface area contributed by atoms with Crippen LogP contribution in [0.4, 0.5) is 0 Å². The Hall–Kier alpha value is -0.0800. The van der Waals surface area contributed by atoms with E-state index in [0.29, 0.717) is 12.5 Å². The van der Waals surface area contributed by atoms with Gasteiger partial charge in [-0.2, -0.15) is 0 Å². The molecule has 16 heavy (non-hydrogen) atoms. The fourth-order valence-corrected chi connectivity index (χ4v) is 4.01.